The van der Waals surface area contributed by atoms with Crippen LogP contribution in [0.5, 0.6) is 0 Å². The average molecular weight is 304 g/mol. The highest BCUT2D eigenvalue weighted by Gasteiger charge is 2.29. The number of H-pyrrole nitrogens is 1. The molecule has 0 bridgehead atoms. The first kappa shape index (κ1) is 16.2. The van der Waals surface area contributed by atoms with E-state index in [1.165, 1.54) is 13.8 Å². The minimum Gasteiger partial charge on any atom is -0.480 e. The number of aryl methyl sites for hydroxylation is 2. The zero-order valence-corrected chi connectivity index (χ0v) is 12.1. The minimum atomic E-state index is -4.12. The first-order chi connectivity index (χ1) is 9.20. The summed E-state index contributed by atoms with van der Waals surface area (Å²) in [5, 5.41) is 8.53. The normalized spacial score (nSPS) is 11.3. The molecule has 0 unspecified atom stereocenters. The van der Waals surface area contributed by atoms with Gasteiger partial charge in [-0.15, -0.1) is 0 Å². The van der Waals surface area contributed by atoms with Crippen LogP contribution in [0.3, 0.4) is 0 Å². The molecule has 112 valence electrons. The summed E-state index contributed by atoms with van der Waals surface area (Å²) in [6.07, 6.45) is 0. The molecule has 1 aromatic rings. The number of hydrogen-bond acceptors (Lipinski definition) is 5. The molecule has 20 heavy (non-hydrogen) atoms. The van der Waals surface area contributed by atoms with Gasteiger partial charge in [-0.25, -0.2) is 13.2 Å². The van der Waals surface area contributed by atoms with Gasteiger partial charge < -0.3 is 14.8 Å². The van der Waals surface area contributed by atoms with Crippen LogP contribution in [0.1, 0.15) is 28.7 Å². The summed E-state index contributed by atoms with van der Waals surface area (Å²) in [7, 11) is -4.12. The number of carbonyl (C=O) groups is 2. The van der Waals surface area contributed by atoms with Crippen LogP contribution in [0, 0.1) is 13.8 Å². The Hall–Kier alpha value is -1.87. The Balaban J connectivity index is 3.30. The fourth-order valence-electron chi connectivity index (χ4n) is 1.77. The lowest BCUT2D eigenvalue weighted by molar-refractivity contribution is -0.135. The van der Waals surface area contributed by atoms with Crippen molar-refractivity contribution < 1.29 is 27.9 Å². The minimum absolute atomic E-state index is 0.102. The summed E-state index contributed by atoms with van der Waals surface area (Å²) in [4.78, 5) is 24.8. The number of ether oxygens (including phenoxy) is 1. The van der Waals surface area contributed by atoms with Gasteiger partial charge in [0.15, 0.2) is 0 Å². The van der Waals surface area contributed by atoms with E-state index in [2.05, 4.69) is 4.98 Å². The predicted octanol–water partition coefficient (Wildman–Crippen LogP) is 0.171. The molecule has 0 fully saturated rings. The number of rotatable bonds is 6. The van der Waals surface area contributed by atoms with E-state index in [-0.39, 0.29) is 22.8 Å². The highest BCUT2D eigenvalue weighted by atomic mass is 32.2. The van der Waals surface area contributed by atoms with Gasteiger partial charge in [-0.05, 0) is 20.8 Å². The summed E-state index contributed by atoms with van der Waals surface area (Å²) in [6, 6.07) is 0. The summed E-state index contributed by atoms with van der Waals surface area (Å²) < 4.78 is 30.9. The molecule has 0 spiro atoms. The standard InChI is InChI=1S/C11H16N2O6S/c1-4-19-11(16)9-6(2)13-7(3)10(9)20(17,18)12-5-8(14)15/h12-13H,4-5H2,1-3H3,(H,14,15). The molecule has 0 atom stereocenters. The molecule has 1 heterocycles. The van der Waals surface area contributed by atoms with Crippen molar-refractivity contribution in [1.82, 2.24) is 9.71 Å². The molecular weight excluding hydrogens is 288 g/mol. The molecule has 1 rings (SSSR count). The lowest BCUT2D eigenvalue weighted by Gasteiger charge is -2.07. The third-order valence-electron chi connectivity index (χ3n) is 2.48. The first-order valence-electron chi connectivity index (χ1n) is 5.78. The Labute approximate surface area is 116 Å². The monoisotopic (exact) mass is 304 g/mol. The van der Waals surface area contributed by atoms with Crippen LogP contribution in [0.25, 0.3) is 0 Å². The van der Waals surface area contributed by atoms with Gasteiger partial charge in [0, 0.05) is 11.4 Å². The van der Waals surface area contributed by atoms with E-state index in [0.29, 0.717) is 5.69 Å². The van der Waals surface area contributed by atoms with Crippen molar-refractivity contribution in [3.8, 4) is 0 Å². The lowest BCUT2D eigenvalue weighted by Crippen LogP contribution is -2.30. The third-order valence-corrected chi connectivity index (χ3v) is 4.05. The number of aromatic amines is 1. The van der Waals surface area contributed by atoms with Crippen molar-refractivity contribution >= 4 is 22.0 Å². The van der Waals surface area contributed by atoms with Crippen molar-refractivity contribution in [2.24, 2.45) is 0 Å². The van der Waals surface area contributed by atoms with Gasteiger partial charge >= 0.3 is 11.9 Å². The number of esters is 1. The molecular formula is C11H16N2O6S. The first-order valence-corrected chi connectivity index (χ1v) is 7.26. The van der Waals surface area contributed by atoms with Crippen molar-refractivity contribution in [2.75, 3.05) is 13.2 Å². The predicted molar refractivity (Wildman–Crippen MR) is 69.0 cm³/mol. The van der Waals surface area contributed by atoms with Crippen LogP contribution in [0.15, 0.2) is 4.90 Å². The number of aromatic nitrogens is 1. The average Bonchev–Trinajstić information content (AvgIpc) is 2.63. The summed E-state index contributed by atoms with van der Waals surface area (Å²) >= 11 is 0. The Morgan fingerprint density at radius 3 is 2.40 bits per heavy atom. The molecule has 0 aliphatic heterocycles. The van der Waals surface area contributed by atoms with Gasteiger partial charge in [-0.1, -0.05) is 0 Å². The maximum absolute atomic E-state index is 12.1. The SMILES string of the molecule is CCOC(=O)c1c(C)[nH]c(C)c1S(=O)(=O)NCC(=O)O. The molecule has 0 amide bonds. The highest BCUT2D eigenvalue weighted by molar-refractivity contribution is 7.89. The number of sulfonamides is 1. The molecule has 0 saturated heterocycles. The Bertz CT molecular complexity index is 632. The van der Waals surface area contributed by atoms with Crippen LogP contribution in [0.4, 0.5) is 0 Å². The van der Waals surface area contributed by atoms with Crippen LogP contribution in [-0.4, -0.2) is 43.6 Å². The second-order valence-corrected chi connectivity index (χ2v) is 5.72. The molecule has 0 radical (unpaired) electrons. The van der Waals surface area contributed by atoms with E-state index >= 15 is 0 Å². The number of aliphatic carboxylic acids is 1. The molecule has 0 aliphatic rings. The van der Waals surface area contributed by atoms with Crippen molar-refractivity contribution in [2.45, 2.75) is 25.7 Å². The van der Waals surface area contributed by atoms with E-state index in [1.807, 2.05) is 4.72 Å². The third kappa shape index (κ3) is 3.36. The lowest BCUT2D eigenvalue weighted by atomic mass is 10.2. The van der Waals surface area contributed by atoms with E-state index in [0.717, 1.165) is 0 Å². The fourth-order valence-corrected chi connectivity index (χ4v) is 3.19. The number of nitrogens with one attached hydrogen (secondary N) is 2. The van der Waals surface area contributed by atoms with Gasteiger partial charge in [0.1, 0.15) is 17.0 Å². The second kappa shape index (κ2) is 6.06. The smallest absolute Gasteiger partial charge is 0.341 e. The van der Waals surface area contributed by atoms with Crippen LogP contribution in [-0.2, 0) is 19.6 Å². The molecule has 1 aromatic heterocycles. The van der Waals surface area contributed by atoms with Crippen molar-refractivity contribution in [3.63, 3.8) is 0 Å². The maximum atomic E-state index is 12.1. The summed E-state index contributed by atoms with van der Waals surface area (Å²) in [5.74, 6) is -2.10. The second-order valence-electron chi connectivity index (χ2n) is 4.02. The molecule has 9 heteroatoms. The topological polar surface area (TPSA) is 126 Å². The molecule has 0 saturated carbocycles. The highest BCUT2D eigenvalue weighted by Crippen LogP contribution is 2.24. The Morgan fingerprint density at radius 1 is 1.30 bits per heavy atom. The fraction of sp³-hybridized carbons (Fsp3) is 0.455. The van der Waals surface area contributed by atoms with Crippen LogP contribution >= 0.6 is 0 Å². The van der Waals surface area contributed by atoms with E-state index in [4.69, 9.17) is 9.84 Å². The van der Waals surface area contributed by atoms with Crippen molar-refractivity contribution in [3.05, 3.63) is 17.0 Å². The quantitative estimate of drug-likeness (QED) is 0.643. The van der Waals surface area contributed by atoms with E-state index in [1.54, 1.807) is 6.92 Å². The number of carboxylic acid groups (broad SMARTS) is 1. The Kier molecular flexibility index (Phi) is 4.90. The van der Waals surface area contributed by atoms with Crippen LogP contribution in [0.2, 0.25) is 0 Å². The molecule has 0 aliphatic carbocycles. The van der Waals surface area contributed by atoms with Crippen molar-refractivity contribution in [1.29, 1.82) is 0 Å². The number of hydrogen-bond donors (Lipinski definition) is 3. The van der Waals surface area contributed by atoms with Crippen LogP contribution < -0.4 is 4.72 Å². The van der Waals surface area contributed by atoms with E-state index < -0.39 is 28.5 Å². The summed E-state index contributed by atoms with van der Waals surface area (Å²) in [6.45, 7) is 3.95. The van der Waals surface area contributed by atoms with Gasteiger partial charge in [0.05, 0.1) is 6.61 Å². The Morgan fingerprint density at radius 2 is 1.90 bits per heavy atom. The largest absolute Gasteiger partial charge is 0.480 e. The molecule has 3 N–H and O–H groups in total. The van der Waals surface area contributed by atoms with E-state index in [9.17, 15) is 18.0 Å². The zero-order chi connectivity index (χ0) is 15.5. The van der Waals surface area contributed by atoms with Gasteiger partial charge in [-0.3, -0.25) is 4.79 Å². The number of carboxylic acids is 1. The maximum Gasteiger partial charge on any atom is 0.341 e. The summed E-state index contributed by atoms with van der Waals surface area (Å²) in [5.41, 5.74) is 0.474. The van der Waals surface area contributed by atoms with Gasteiger partial charge in [0.2, 0.25) is 10.0 Å². The van der Waals surface area contributed by atoms with Gasteiger partial charge in [0.25, 0.3) is 0 Å². The van der Waals surface area contributed by atoms with Gasteiger partial charge in [-0.2, -0.15) is 4.72 Å². The molecule has 8 nitrogen and oxygen atoms in total. The zero-order valence-electron chi connectivity index (χ0n) is 11.3. The number of carbonyl (C=O) groups excluding carboxylic acids is 1. The molecule has 0 aromatic carbocycles.